The molecule has 1 fully saturated rings. The van der Waals surface area contributed by atoms with Crippen molar-refractivity contribution in [2.45, 2.75) is 25.9 Å². The average Bonchev–Trinajstić information content (AvgIpc) is 3.07. The molecule has 0 unspecified atom stereocenters. The summed E-state index contributed by atoms with van der Waals surface area (Å²) in [4.78, 5) is 17.3. The summed E-state index contributed by atoms with van der Waals surface area (Å²) >= 11 is 0. The van der Waals surface area contributed by atoms with Gasteiger partial charge in [0, 0.05) is 19.6 Å². The predicted molar refractivity (Wildman–Crippen MR) is 89.2 cm³/mol. The lowest BCUT2D eigenvalue weighted by Gasteiger charge is -2.32. The summed E-state index contributed by atoms with van der Waals surface area (Å²) < 4.78 is 7.29. The summed E-state index contributed by atoms with van der Waals surface area (Å²) in [5.41, 5.74) is 6.29. The zero-order valence-electron chi connectivity index (χ0n) is 13.7. The number of primary amides is 1. The fourth-order valence-electron chi connectivity index (χ4n) is 3.18. The second kappa shape index (κ2) is 7.92. The lowest BCUT2D eigenvalue weighted by Crippen LogP contribution is -2.36. The van der Waals surface area contributed by atoms with Crippen LogP contribution in [0.5, 0.6) is 5.75 Å². The fraction of sp³-hybridized carbons (Fsp3) is 0.471. The highest BCUT2D eigenvalue weighted by Gasteiger charge is 2.20. The van der Waals surface area contributed by atoms with E-state index in [1.54, 1.807) is 12.7 Å². The summed E-state index contributed by atoms with van der Waals surface area (Å²) in [5, 5.41) is 4.20. The van der Waals surface area contributed by atoms with E-state index in [1.165, 1.54) is 18.4 Å². The van der Waals surface area contributed by atoms with Crippen molar-refractivity contribution in [1.29, 1.82) is 0 Å². The van der Waals surface area contributed by atoms with Crippen LogP contribution in [0.2, 0.25) is 0 Å². The van der Waals surface area contributed by atoms with E-state index in [0.717, 1.165) is 26.2 Å². The monoisotopic (exact) mass is 329 g/mol. The molecule has 1 saturated heterocycles. The summed E-state index contributed by atoms with van der Waals surface area (Å²) in [5.74, 6) is 0.810. The van der Waals surface area contributed by atoms with Gasteiger partial charge in [-0.1, -0.05) is 12.1 Å². The van der Waals surface area contributed by atoms with E-state index >= 15 is 0 Å². The largest absolute Gasteiger partial charge is 0.484 e. The van der Waals surface area contributed by atoms with Gasteiger partial charge in [0.05, 0.1) is 0 Å². The number of nitrogens with two attached hydrogens (primary N) is 1. The summed E-state index contributed by atoms with van der Waals surface area (Å²) in [6.07, 6.45) is 5.77. The smallest absolute Gasteiger partial charge is 0.255 e. The molecule has 1 atom stereocenters. The maximum atomic E-state index is 10.8. The van der Waals surface area contributed by atoms with Crippen LogP contribution in [0, 0.1) is 5.92 Å². The molecule has 2 N–H and O–H groups in total. The van der Waals surface area contributed by atoms with Crippen molar-refractivity contribution in [3.63, 3.8) is 0 Å². The number of carbonyl (C=O) groups excluding carboxylic acids is 1. The summed E-state index contributed by atoms with van der Waals surface area (Å²) in [6.45, 7) is 3.85. The summed E-state index contributed by atoms with van der Waals surface area (Å²) in [7, 11) is 0. The SMILES string of the molecule is NC(=O)COc1cccc(CN2CCC[C@@H](Cn3cncn3)C2)c1. The molecule has 1 aromatic carbocycles. The minimum Gasteiger partial charge on any atom is -0.484 e. The Morgan fingerprint density at radius 1 is 1.42 bits per heavy atom. The van der Waals surface area contributed by atoms with Crippen LogP contribution in [-0.2, 0) is 17.9 Å². The zero-order chi connectivity index (χ0) is 16.8. The van der Waals surface area contributed by atoms with Crippen LogP contribution in [0.3, 0.4) is 0 Å². The first-order chi connectivity index (χ1) is 11.7. The molecule has 1 aliphatic rings. The Balaban J connectivity index is 1.55. The Kier molecular flexibility index (Phi) is 5.43. The van der Waals surface area contributed by atoms with Crippen molar-refractivity contribution in [1.82, 2.24) is 19.7 Å². The van der Waals surface area contributed by atoms with Gasteiger partial charge in [-0.15, -0.1) is 0 Å². The molecular formula is C17H23N5O2. The normalized spacial score (nSPS) is 18.4. The molecule has 1 aliphatic heterocycles. The molecule has 2 heterocycles. The number of ether oxygens (including phenoxy) is 1. The highest BCUT2D eigenvalue weighted by molar-refractivity contribution is 5.75. The molecular weight excluding hydrogens is 306 g/mol. The van der Waals surface area contributed by atoms with Gasteiger partial charge in [-0.2, -0.15) is 5.10 Å². The minimum atomic E-state index is -0.465. The van der Waals surface area contributed by atoms with Gasteiger partial charge in [0.25, 0.3) is 5.91 Å². The first-order valence-corrected chi connectivity index (χ1v) is 8.24. The third-order valence-corrected chi connectivity index (χ3v) is 4.20. The standard InChI is InChI=1S/C17H23N5O2/c18-17(23)11-24-16-5-1-3-14(7-16)8-21-6-2-4-15(9-21)10-22-13-19-12-20-22/h1,3,5,7,12-13,15H,2,4,6,8-11H2,(H2,18,23)/t15-/m1/s1. The van der Waals surface area contributed by atoms with E-state index < -0.39 is 5.91 Å². The third kappa shape index (κ3) is 4.79. The van der Waals surface area contributed by atoms with Crippen LogP contribution in [-0.4, -0.2) is 45.3 Å². The predicted octanol–water partition coefficient (Wildman–Crippen LogP) is 1.05. The van der Waals surface area contributed by atoms with Gasteiger partial charge in [0.2, 0.25) is 0 Å². The number of hydrogen-bond donors (Lipinski definition) is 1. The number of hydrogen-bond acceptors (Lipinski definition) is 5. The molecule has 0 saturated carbocycles. The Morgan fingerprint density at radius 3 is 3.12 bits per heavy atom. The van der Waals surface area contributed by atoms with Gasteiger partial charge in [-0.25, -0.2) is 4.98 Å². The van der Waals surface area contributed by atoms with E-state index in [-0.39, 0.29) is 6.61 Å². The highest BCUT2D eigenvalue weighted by atomic mass is 16.5. The third-order valence-electron chi connectivity index (χ3n) is 4.20. The molecule has 7 nitrogen and oxygen atoms in total. The molecule has 1 aromatic heterocycles. The minimum absolute atomic E-state index is 0.0901. The first kappa shape index (κ1) is 16.4. The Morgan fingerprint density at radius 2 is 2.33 bits per heavy atom. The van der Waals surface area contributed by atoms with Crippen molar-refractivity contribution in [3.8, 4) is 5.75 Å². The van der Waals surface area contributed by atoms with E-state index in [9.17, 15) is 4.79 Å². The molecule has 128 valence electrons. The Bertz CT molecular complexity index is 659. The summed E-state index contributed by atoms with van der Waals surface area (Å²) in [6, 6.07) is 7.85. The van der Waals surface area contributed by atoms with Gasteiger partial charge in [-0.05, 0) is 43.0 Å². The number of piperidine rings is 1. The van der Waals surface area contributed by atoms with Crippen LogP contribution >= 0.6 is 0 Å². The molecule has 1 amide bonds. The van der Waals surface area contributed by atoms with Gasteiger partial charge >= 0.3 is 0 Å². The highest BCUT2D eigenvalue weighted by Crippen LogP contribution is 2.21. The molecule has 0 radical (unpaired) electrons. The maximum Gasteiger partial charge on any atom is 0.255 e. The molecule has 0 bridgehead atoms. The van der Waals surface area contributed by atoms with Crippen LogP contribution < -0.4 is 10.5 Å². The average molecular weight is 329 g/mol. The quantitative estimate of drug-likeness (QED) is 0.821. The number of likely N-dealkylation sites (tertiary alicyclic amines) is 1. The number of benzene rings is 1. The van der Waals surface area contributed by atoms with Crippen molar-refractivity contribution < 1.29 is 9.53 Å². The van der Waals surface area contributed by atoms with Gasteiger partial charge in [0.15, 0.2) is 6.61 Å². The lowest BCUT2D eigenvalue weighted by atomic mass is 9.97. The number of amides is 1. The van der Waals surface area contributed by atoms with Crippen LogP contribution in [0.4, 0.5) is 0 Å². The van der Waals surface area contributed by atoms with Crippen LogP contribution in [0.15, 0.2) is 36.9 Å². The maximum absolute atomic E-state index is 10.8. The molecule has 2 aromatic rings. The lowest BCUT2D eigenvalue weighted by molar-refractivity contribution is -0.119. The zero-order valence-corrected chi connectivity index (χ0v) is 13.7. The number of rotatable bonds is 7. The van der Waals surface area contributed by atoms with Crippen LogP contribution in [0.1, 0.15) is 18.4 Å². The van der Waals surface area contributed by atoms with E-state index in [2.05, 4.69) is 21.0 Å². The van der Waals surface area contributed by atoms with E-state index in [4.69, 9.17) is 10.5 Å². The van der Waals surface area contributed by atoms with Gasteiger partial charge in [0.1, 0.15) is 18.4 Å². The molecule has 7 heteroatoms. The van der Waals surface area contributed by atoms with E-state index in [1.807, 2.05) is 22.9 Å². The fourth-order valence-corrected chi connectivity index (χ4v) is 3.18. The number of aromatic nitrogens is 3. The van der Waals surface area contributed by atoms with Crippen molar-refractivity contribution in [2.75, 3.05) is 19.7 Å². The Labute approximate surface area is 141 Å². The van der Waals surface area contributed by atoms with Crippen molar-refractivity contribution in [2.24, 2.45) is 11.7 Å². The second-order valence-corrected chi connectivity index (χ2v) is 6.26. The van der Waals surface area contributed by atoms with Crippen LogP contribution in [0.25, 0.3) is 0 Å². The number of nitrogens with zero attached hydrogens (tertiary/aromatic N) is 4. The number of carbonyl (C=O) groups is 1. The molecule has 3 rings (SSSR count). The molecule has 0 spiro atoms. The second-order valence-electron chi connectivity index (χ2n) is 6.26. The van der Waals surface area contributed by atoms with Gasteiger partial charge in [-0.3, -0.25) is 14.4 Å². The molecule has 0 aliphatic carbocycles. The topological polar surface area (TPSA) is 86.3 Å². The van der Waals surface area contributed by atoms with Crippen molar-refractivity contribution in [3.05, 3.63) is 42.5 Å². The van der Waals surface area contributed by atoms with Crippen molar-refractivity contribution >= 4 is 5.91 Å². The molecule has 24 heavy (non-hydrogen) atoms. The first-order valence-electron chi connectivity index (χ1n) is 8.24. The Hall–Kier alpha value is -2.41. The van der Waals surface area contributed by atoms with Gasteiger partial charge < -0.3 is 10.5 Å². The van der Waals surface area contributed by atoms with E-state index in [0.29, 0.717) is 11.7 Å².